The van der Waals surface area contributed by atoms with Crippen LogP contribution in [0.1, 0.15) is 34.9 Å². The van der Waals surface area contributed by atoms with Crippen molar-refractivity contribution in [2.45, 2.75) is 26.7 Å². The average molecular weight is 287 g/mol. The molecule has 2 aromatic rings. The number of nitrogens with one attached hydrogen (secondary N) is 1. The summed E-state index contributed by atoms with van der Waals surface area (Å²) in [5, 5.41) is 6.88. The van der Waals surface area contributed by atoms with Gasteiger partial charge in [-0.05, 0) is 26.7 Å². The Balaban J connectivity index is 1.83. The molecule has 3 heterocycles. The van der Waals surface area contributed by atoms with Crippen LogP contribution in [0.5, 0.6) is 0 Å². The van der Waals surface area contributed by atoms with E-state index in [-0.39, 0.29) is 5.91 Å². The van der Waals surface area contributed by atoms with Crippen molar-refractivity contribution in [1.29, 1.82) is 0 Å². The van der Waals surface area contributed by atoms with Gasteiger partial charge < -0.3 is 14.7 Å². The second kappa shape index (κ2) is 5.51. The number of carbonyl (C=O) groups excluding carboxylic acids is 1. The van der Waals surface area contributed by atoms with E-state index in [1.165, 1.54) is 0 Å². The number of anilines is 2. The highest BCUT2D eigenvalue weighted by Crippen LogP contribution is 2.17. The molecule has 0 bridgehead atoms. The maximum atomic E-state index is 12.4. The summed E-state index contributed by atoms with van der Waals surface area (Å²) in [5.41, 5.74) is 0.409. The molecule has 110 valence electrons. The van der Waals surface area contributed by atoms with E-state index in [2.05, 4.69) is 20.4 Å². The molecule has 1 saturated heterocycles. The molecule has 1 aliphatic rings. The van der Waals surface area contributed by atoms with Gasteiger partial charge in [0.15, 0.2) is 5.82 Å². The summed E-state index contributed by atoms with van der Waals surface area (Å²) in [6.45, 7) is 5.17. The van der Waals surface area contributed by atoms with Crippen LogP contribution in [0.4, 0.5) is 11.6 Å². The summed E-state index contributed by atoms with van der Waals surface area (Å²) in [5.74, 6) is 2.31. The molecule has 0 aromatic carbocycles. The molecular formula is C14H17N5O2. The van der Waals surface area contributed by atoms with E-state index in [0.717, 1.165) is 25.9 Å². The highest BCUT2D eigenvalue weighted by Gasteiger charge is 2.21. The van der Waals surface area contributed by atoms with Crippen molar-refractivity contribution in [3.8, 4) is 0 Å². The molecule has 0 atom stereocenters. The van der Waals surface area contributed by atoms with E-state index < -0.39 is 0 Å². The molecule has 1 N–H and O–H groups in total. The first kappa shape index (κ1) is 13.5. The number of amides is 1. The van der Waals surface area contributed by atoms with Crippen molar-refractivity contribution in [1.82, 2.24) is 20.0 Å². The lowest BCUT2D eigenvalue weighted by atomic mass is 10.3. The maximum Gasteiger partial charge on any atom is 0.272 e. The first-order valence-electron chi connectivity index (χ1n) is 6.97. The Morgan fingerprint density at radius 1 is 1.19 bits per heavy atom. The van der Waals surface area contributed by atoms with Gasteiger partial charge in [-0.3, -0.25) is 4.79 Å². The molecule has 7 heteroatoms. The van der Waals surface area contributed by atoms with Crippen LogP contribution in [0.25, 0.3) is 0 Å². The minimum atomic E-state index is -0.0441. The topological polar surface area (TPSA) is 84.2 Å². The Morgan fingerprint density at radius 2 is 1.95 bits per heavy atom. The second-order valence-corrected chi connectivity index (χ2v) is 5.13. The van der Waals surface area contributed by atoms with Crippen molar-refractivity contribution < 1.29 is 9.32 Å². The van der Waals surface area contributed by atoms with Gasteiger partial charge in [-0.1, -0.05) is 5.16 Å². The van der Waals surface area contributed by atoms with Gasteiger partial charge in [0.05, 0.1) is 0 Å². The Kier molecular flexibility index (Phi) is 3.55. The molecule has 0 saturated carbocycles. The van der Waals surface area contributed by atoms with Gasteiger partial charge >= 0.3 is 0 Å². The summed E-state index contributed by atoms with van der Waals surface area (Å²) in [7, 11) is 0. The molecule has 0 aliphatic carbocycles. The van der Waals surface area contributed by atoms with Gasteiger partial charge in [0.25, 0.3) is 5.91 Å². The number of nitrogens with zero attached hydrogens (tertiary/aromatic N) is 4. The SMILES string of the molecule is Cc1nc(Nc2cc(C)on2)cc(C(=O)N2CCCC2)n1. The second-order valence-electron chi connectivity index (χ2n) is 5.13. The third-order valence-corrected chi connectivity index (χ3v) is 3.33. The summed E-state index contributed by atoms with van der Waals surface area (Å²) in [4.78, 5) is 22.7. The number of hydrogen-bond donors (Lipinski definition) is 1. The van der Waals surface area contributed by atoms with Crippen molar-refractivity contribution in [2.75, 3.05) is 18.4 Å². The van der Waals surface area contributed by atoms with E-state index in [9.17, 15) is 4.79 Å². The first-order chi connectivity index (χ1) is 10.1. The fourth-order valence-electron chi connectivity index (χ4n) is 2.38. The van der Waals surface area contributed by atoms with Crippen LogP contribution in [0, 0.1) is 13.8 Å². The molecule has 1 aliphatic heterocycles. The van der Waals surface area contributed by atoms with Crippen LogP contribution < -0.4 is 5.32 Å². The minimum Gasteiger partial charge on any atom is -0.360 e. The number of carbonyl (C=O) groups is 1. The Morgan fingerprint density at radius 3 is 2.62 bits per heavy atom. The summed E-state index contributed by atoms with van der Waals surface area (Å²) in [6.07, 6.45) is 2.11. The molecule has 21 heavy (non-hydrogen) atoms. The van der Waals surface area contributed by atoms with Gasteiger partial charge in [0.1, 0.15) is 23.1 Å². The van der Waals surface area contributed by atoms with Crippen molar-refractivity contribution in [3.05, 3.63) is 29.4 Å². The zero-order valence-electron chi connectivity index (χ0n) is 12.1. The van der Waals surface area contributed by atoms with Gasteiger partial charge in [-0.15, -0.1) is 0 Å². The third kappa shape index (κ3) is 3.01. The van der Waals surface area contributed by atoms with Gasteiger partial charge in [0.2, 0.25) is 0 Å². The van der Waals surface area contributed by atoms with E-state index in [1.807, 2.05) is 11.8 Å². The van der Waals surface area contributed by atoms with Crippen LogP contribution >= 0.6 is 0 Å². The smallest absolute Gasteiger partial charge is 0.272 e. The van der Waals surface area contributed by atoms with Crippen molar-refractivity contribution >= 4 is 17.5 Å². The lowest BCUT2D eigenvalue weighted by molar-refractivity contribution is 0.0786. The lowest BCUT2D eigenvalue weighted by Gasteiger charge is -2.15. The molecule has 0 spiro atoms. The largest absolute Gasteiger partial charge is 0.360 e. The number of aryl methyl sites for hydroxylation is 2. The van der Waals surface area contributed by atoms with Crippen LogP contribution in [0.15, 0.2) is 16.7 Å². The molecule has 3 rings (SSSR count). The molecule has 1 amide bonds. The van der Waals surface area contributed by atoms with Crippen molar-refractivity contribution in [2.24, 2.45) is 0 Å². The maximum absolute atomic E-state index is 12.4. The predicted molar refractivity (Wildman–Crippen MR) is 76.4 cm³/mol. The van der Waals surface area contributed by atoms with E-state index in [1.54, 1.807) is 19.1 Å². The average Bonchev–Trinajstić information content (AvgIpc) is 3.09. The molecule has 1 fully saturated rings. The lowest BCUT2D eigenvalue weighted by Crippen LogP contribution is -2.28. The molecule has 0 radical (unpaired) electrons. The predicted octanol–water partition coefficient (Wildman–Crippen LogP) is 2.06. The fraction of sp³-hybridized carbons (Fsp3) is 0.429. The van der Waals surface area contributed by atoms with E-state index in [4.69, 9.17) is 4.52 Å². The standard InChI is InChI=1S/C14H17N5O2/c1-9-7-13(18-21-9)17-12-8-11(15-10(2)16-12)14(20)19-5-3-4-6-19/h7-8H,3-6H2,1-2H3,(H,15,16,17,18). The van der Waals surface area contributed by atoms with E-state index >= 15 is 0 Å². The quantitative estimate of drug-likeness (QED) is 0.930. The van der Waals surface area contributed by atoms with Crippen LogP contribution in [-0.4, -0.2) is 39.0 Å². The summed E-state index contributed by atoms with van der Waals surface area (Å²) >= 11 is 0. The van der Waals surface area contributed by atoms with Crippen molar-refractivity contribution in [3.63, 3.8) is 0 Å². The number of aromatic nitrogens is 3. The monoisotopic (exact) mass is 287 g/mol. The Hall–Kier alpha value is -2.44. The minimum absolute atomic E-state index is 0.0441. The fourth-order valence-corrected chi connectivity index (χ4v) is 2.38. The van der Waals surface area contributed by atoms with Crippen LogP contribution in [-0.2, 0) is 0 Å². The summed E-state index contributed by atoms with van der Waals surface area (Å²) in [6, 6.07) is 3.41. The third-order valence-electron chi connectivity index (χ3n) is 3.33. The van der Waals surface area contributed by atoms with Gasteiger partial charge in [0, 0.05) is 25.2 Å². The molecule has 0 unspecified atom stereocenters. The number of hydrogen-bond acceptors (Lipinski definition) is 6. The molecule has 2 aromatic heterocycles. The normalized spacial score (nSPS) is 14.5. The van der Waals surface area contributed by atoms with E-state index in [0.29, 0.717) is 28.9 Å². The zero-order valence-corrected chi connectivity index (χ0v) is 12.1. The van der Waals surface area contributed by atoms with Gasteiger partial charge in [-0.2, -0.15) is 0 Å². The summed E-state index contributed by atoms with van der Waals surface area (Å²) < 4.78 is 4.99. The van der Waals surface area contributed by atoms with Crippen LogP contribution in [0.2, 0.25) is 0 Å². The number of likely N-dealkylation sites (tertiary alicyclic amines) is 1. The Labute approximate surface area is 122 Å². The number of rotatable bonds is 3. The molecular weight excluding hydrogens is 270 g/mol. The molecule has 7 nitrogen and oxygen atoms in total. The zero-order chi connectivity index (χ0) is 14.8. The van der Waals surface area contributed by atoms with Crippen LogP contribution in [0.3, 0.4) is 0 Å². The highest BCUT2D eigenvalue weighted by molar-refractivity contribution is 5.93. The van der Waals surface area contributed by atoms with Gasteiger partial charge in [-0.25, -0.2) is 9.97 Å². The Bertz CT molecular complexity index is 661. The first-order valence-corrected chi connectivity index (χ1v) is 6.97. The highest BCUT2D eigenvalue weighted by atomic mass is 16.5.